The van der Waals surface area contributed by atoms with E-state index in [0.29, 0.717) is 6.61 Å². The van der Waals surface area contributed by atoms with Crippen molar-refractivity contribution in [3.8, 4) is 0 Å². The van der Waals surface area contributed by atoms with E-state index < -0.39 is 0 Å². The van der Waals surface area contributed by atoms with Crippen LogP contribution >= 0.6 is 0 Å². The van der Waals surface area contributed by atoms with Crippen molar-refractivity contribution < 1.29 is 9.53 Å². The summed E-state index contributed by atoms with van der Waals surface area (Å²) in [4.78, 5) is 15.7. The third-order valence-corrected chi connectivity index (χ3v) is 2.99. The Morgan fingerprint density at radius 1 is 1.65 bits per heavy atom. The maximum atomic E-state index is 11.3. The zero-order valence-electron chi connectivity index (χ0n) is 10.1. The lowest BCUT2D eigenvalue weighted by molar-refractivity contribution is -0.142. The van der Waals surface area contributed by atoms with Crippen molar-refractivity contribution in [2.24, 2.45) is 0 Å². The van der Waals surface area contributed by atoms with Crippen LogP contribution in [0.2, 0.25) is 0 Å². The monoisotopic (exact) mass is 234 g/mol. The third kappa shape index (κ3) is 3.03. The molecule has 0 unspecified atom stereocenters. The second-order valence-electron chi connectivity index (χ2n) is 4.18. The van der Waals surface area contributed by atoms with E-state index in [1.165, 1.54) is 5.56 Å². The minimum atomic E-state index is -0.199. The molecule has 1 heterocycles. The van der Waals surface area contributed by atoms with E-state index in [9.17, 15) is 4.79 Å². The lowest BCUT2D eigenvalue weighted by Gasteiger charge is -2.24. The normalized spacial score (nSPS) is 18.5. The van der Waals surface area contributed by atoms with Crippen LogP contribution in [0.3, 0.4) is 0 Å². The SMILES string of the molecule is CCOC(=O)CN[C@@H]1CCCc2cccnc21. The Morgan fingerprint density at radius 3 is 3.35 bits per heavy atom. The standard InChI is InChI=1S/C13H18N2O2/c1-2-17-12(16)9-15-11-7-3-5-10-6-4-8-14-13(10)11/h4,6,8,11,15H,2-3,5,7,9H2,1H3/t11-/m1/s1. The fourth-order valence-corrected chi connectivity index (χ4v) is 2.23. The quantitative estimate of drug-likeness (QED) is 0.804. The number of carbonyl (C=O) groups is 1. The van der Waals surface area contributed by atoms with Gasteiger partial charge in [0.05, 0.1) is 24.9 Å². The van der Waals surface area contributed by atoms with Crippen LogP contribution in [0.25, 0.3) is 0 Å². The molecule has 4 nitrogen and oxygen atoms in total. The molecule has 0 amide bonds. The van der Waals surface area contributed by atoms with Gasteiger partial charge in [-0.2, -0.15) is 0 Å². The lowest BCUT2D eigenvalue weighted by atomic mass is 9.92. The molecule has 1 aromatic heterocycles. The van der Waals surface area contributed by atoms with Crippen molar-refractivity contribution in [1.82, 2.24) is 10.3 Å². The number of fused-ring (bicyclic) bond motifs is 1. The van der Waals surface area contributed by atoms with Gasteiger partial charge >= 0.3 is 5.97 Å². The fraction of sp³-hybridized carbons (Fsp3) is 0.538. The van der Waals surface area contributed by atoms with E-state index in [0.717, 1.165) is 25.0 Å². The van der Waals surface area contributed by atoms with Crippen molar-refractivity contribution in [3.63, 3.8) is 0 Å². The molecule has 1 atom stereocenters. The first-order chi connectivity index (χ1) is 8.31. The maximum Gasteiger partial charge on any atom is 0.319 e. The molecule has 1 N–H and O–H groups in total. The molecule has 92 valence electrons. The Bertz CT molecular complexity index is 393. The number of rotatable bonds is 4. The van der Waals surface area contributed by atoms with Gasteiger partial charge in [-0.25, -0.2) is 0 Å². The summed E-state index contributed by atoms with van der Waals surface area (Å²) in [5.41, 5.74) is 2.38. The molecule has 1 aliphatic rings. The largest absolute Gasteiger partial charge is 0.465 e. The minimum Gasteiger partial charge on any atom is -0.465 e. The molecule has 0 aromatic carbocycles. The van der Waals surface area contributed by atoms with Gasteiger partial charge < -0.3 is 4.74 Å². The highest BCUT2D eigenvalue weighted by Gasteiger charge is 2.21. The number of aromatic nitrogens is 1. The second-order valence-corrected chi connectivity index (χ2v) is 4.18. The number of hydrogen-bond donors (Lipinski definition) is 1. The molecular formula is C13H18N2O2. The average molecular weight is 234 g/mol. The molecule has 0 saturated heterocycles. The Hall–Kier alpha value is -1.42. The molecule has 1 aromatic rings. The predicted octanol–water partition coefficient (Wildman–Crippen LogP) is 1.61. The summed E-state index contributed by atoms with van der Waals surface area (Å²) < 4.78 is 4.90. The first-order valence-corrected chi connectivity index (χ1v) is 6.14. The van der Waals surface area contributed by atoms with Crippen LogP contribution in [0.4, 0.5) is 0 Å². The molecule has 0 bridgehead atoms. The summed E-state index contributed by atoms with van der Waals surface area (Å²) in [5.74, 6) is -0.199. The van der Waals surface area contributed by atoms with Gasteiger partial charge in [0, 0.05) is 6.20 Å². The summed E-state index contributed by atoms with van der Waals surface area (Å²) in [6.45, 7) is 2.50. The maximum absolute atomic E-state index is 11.3. The first kappa shape index (κ1) is 12.0. The van der Waals surface area contributed by atoms with Gasteiger partial charge in [0.15, 0.2) is 0 Å². The van der Waals surface area contributed by atoms with Crippen molar-refractivity contribution >= 4 is 5.97 Å². The van der Waals surface area contributed by atoms with Gasteiger partial charge in [-0.15, -0.1) is 0 Å². The molecule has 17 heavy (non-hydrogen) atoms. The van der Waals surface area contributed by atoms with Crippen molar-refractivity contribution in [2.75, 3.05) is 13.2 Å². The van der Waals surface area contributed by atoms with Gasteiger partial charge in [0.25, 0.3) is 0 Å². The number of hydrogen-bond acceptors (Lipinski definition) is 4. The summed E-state index contributed by atoms with van der Waals surface area (Å²) in [6.07, 6.45) is 5.06. The lowest BCUT2D eigenvalue weighted by Crippen LogP contribution is -2.31. The van der Waals surface area contributed by atoms with Crippen molar-refractivity contribution in [2.45, 2.75) is 32.2 Å². The van der Waals surface area contributed by atoms with Crippen LogP contribution in [0, 0.1) is 0 Å². The fourth-order valence-electron chi connectivity index (χ4n) is 2.23. The number of esters is 1. The highest BCUT2D eigenvalue weighted by Crippen LogP contribution is 2.27. The number of aryl methyl sites for hydroxylation is 1. The highest BCUT2D eigenvalue weighted by molar-refractivity contribution is 5.71. The van der Waals surface area contributed by atoms with E-state index >= 15 is 0 Å². The number of carbonyl (C=O) groups excluding carboxylic acids is 1. The summed E-state index contributed by atoms with van der Waals surface area (Å²) >= 11 is 0. The number of nitrogens with zero attached hydrogens (tertiary/aromatic N) is 1. The highest BCUT2D eigenvalue weighted by atomic mass is 16.5. The third-order valence-electron chi connectivity index (χ3n) is 2.99. The number of pyridine rings is 1. The van der Waals surface area contributed by atoms with Crippen LogP contribution in [0.5, 0.6) is 0 Å². The molecule has 4 heteroatoms. The first-order valence-electron chi connectivity index (χ1n) is 6.14. The van der Waals surface area contributed by atoms with Crippen molar-refractivity contribution in [1.29, 1.82) is 0 Å². The van der Waals surface area contributed by atoms with Crippen molar-refractivity contribution in [3.05, 3.63) is 29.6 Å². The smallest absolute Gasteiger partial charge is 0.319 e. The van der Waals surface area contributed by atoms with E-state index in [2.05, 4.69) is 16.4 Å². The molecule has 2 rings (SSSR count). The average Bonchev–Trinajstić information content (AvgIpc) is 2.36. The summed E-state index contributed by atoms with van der Waals surface area (Å²) in [6, 6.07) is 4.26. The predicted molar refractivity (Wildman–Crippen MR) is 64.6 cm³/mol. The van der Waals surface area contributed by atoms with Crippen LogP contribution in [0.1, 0.15) is 37.1 Å². The Labute approximate surface area is 101 Å². The van der Waals surface area contributed by atoms with E-state index in [4.69, 9.17) is 4.74 Å². The van der Waals surface area contributed by atoms with Gasteiger partial charge in [-0.3, -0.25) is 15.1 Å². The summed E-state index contributed by atoms with van der Waals surface area (Å²) in [5, 5.41) is 3.23. The zero-order valence-corrected chi connectivity index (χ0v) is 10.1. The zero-order chi connectivity index (χ0) is 12.1. The van der Waals surface area contributed by atoms with Crippen LogP contribution in [0.15, 0.2) is 18.3 Å². The molecule has 0 aliphatic heterocycles. The number of nitrogens with one attached hydrogen (secondary N) is 1. The summed E-state index contributed by atoms with van der Waals surface area (Å²) in [7, 11) is 0. The van der Waals surface area contributed by atoms with Crippen LogP contribution in [-0.2, 0) is 16.0 Å². The topological polar surface area (TPSA) is 51.2 Å². The molecule has 1 aliphatic carbocycles. The number of ether oxygens (including phenoxy) is 1. The minimum absolute atomic E-state index is 0.185. The Morgan fingerprint density at radius 2 is 2.53 bits per heavy atom. The van der Waals surface area contributed by atoms with E-state index in [-0.39, 0.29) is 18.6 Å². The molecular weight excluding hydrogens is 216 g/mol. The van der Waals surface area contributed by atoms with Gasteiger partial charge in [0.1, 0.15) is 0 Å². The second kappa shape index (κ2) is 5.77. The van der Waals surface area contributed by atoms with Gasteiger partial charge in [0.2, 0.25) is 0 Å². The Balaban J connectivity index is 1.97. The van der Waals surface area contributed by atoms with Gasteiger partial charge in [-0.05, 0) is 37.8 Å². The molecule has 0 saturated carbocycles. The molecule has 0 fully saturated rings. The van der Waals surface area contributed by atoms with E-state index in [1.54, 1.807) is 0 Å². The van der Waals surface area contributed by atoms with Crippen LogP contribution < -0.4 is 5.32 Å². The van der Waals surface area contributed by atoms with Gasteiger partial charge in [-0.1, -0.05) is 6.07 Å². The molecule has 0 spiro atoms. The Kier molecular flexibility index (Phi) is 4.09. The molecule has 0 radical (unpaired) electrons. The van der Waals surface area contributed by atoms with Crippen LogP contribution in [-0.4, -0.2) is 24.1 Å². The van der Waals surface area contributed by atoms with E-state index in [1.807, 2.05) is 19.2 Å².